The number of aliphatic imine (C=N–C) groups is 1. The van der Waals surface area contributed by atoms with Crippen LogP contribution in [0.4, 0.5) is 4.79 Å². The highest BCUT2D eigenvalue weighted by Crippen LogP contribution is 2.30. The van der Waals surface area contributed by atoms with Crippen LogP contribution in [0.15, 0.2) is 47.6 Å². The number of amidine groups is 1. The van der Waals surface area contributed by atoms with Crippen LogP contribution in [-0.4, -0.2) is 47.4 Å². The second-order valence-corrected chi connectivity index (χ2v) is 6.17. The summed E-state index contributed by atoms with van der Waals surface area (Å²) >= 11 is 0. The highest BCUT2D eigenvalue weighted by Gasteiger charge is 2.45. The van der Waals surface area contributed by atoms with Gasteiger partial charge < -0.3 is 20.3 Å². The van der Waals surface area contributed by atoms with Crippen LogP contribution in [0.3, 0.4) is 0 Å². The van der Waals surface area contributed by atoms with Gasteiger partial charge in [-0.05, 0) is 6.42 Å². The SMILES string of the molecule is C[N+]1([C@H]2CC[C@@H](COC(O)c3ccccc3)O2)C=CC(N)=NC1=O. The zero-order valence-electron chi connectivity index (χ0n) is 13.5. The molecule has 7 nitrogen and oxygen atoms in total. The Bertz CT molecular complexity index is 661. The summed E-state index contributed by atoms with van der Waals surface area (Å²) in [6.45, 7) is 0.260. The van der Waals surface area contributed by atoms with E-state index in [2.05, 4.69) is 4.99 Å². The summed E-state index contributed by atoms with van der Waals surface area (Å²) in [6.07, 6.45) is 3.29. The first-order chi connectivity index (χ1) is 11.5. The molecule has 2 amide bonds. The highest BCUT2D eigenvalue weighted by atomic mass is 16.6. The number of quaternary nitrogens is 1. The Kier molecular flexibility index (Phi) is 4.77. The molecule has 7 heteroatoms. The lowest BCUT2D eigenvalue weighted by atomic mass is 10.2. The number of nitrogens with zero attached hydrogens (tertiary/aromatic N) is 2. The summed E-state index contributed by atoms with van der Waals surface area (Å²) in [7, 11) is 1.75. The Morgan fingerprint density at radius 1 is 1.42 bits per heavy atom. The number of carbonyl (C=O) groups excluding carboxylic acids is 1. The zero-order valence-corrected chi connectivity index (χ0v) is 13.5. The lowest BCUT2D eigenvalue weighted by Crippen LogP contribution is -2.53. The number of carbonyl (C=O) groups is 1. The van der Waals surface area contributed by atoms with Crippen LogP contribution < -0.4 is 5.73 Å². The number of aliphatic hydroxyl groups is 1. The third kappa shape index (κ3) is 3.39. The smallest absolute Gasteiger partial charge is 0.383 e. The van der Waals surface area contributed by atoms with Crippen molar-refractivity contribution >= 4 is 11.9 Å². The van der Waals surface area contributed by atoms with E-state index in [4.69, 9.17) is 15.2 Å². The standard InChI is InChI=1S/C17H21N3O4/c1-20(10-9-14(18)19-17(20)22)15-8-7-13(24-15)11-23-16(21)12-5-3-2-4-6-12/h2-6,9-10,13,15-16,21H,7-8,11H2,1H3,(H-,18,19,22)/p+1/t13-,15+,16?,20?/m0/s1. The molecule has 0 saturated carbocycles. The van der Waals surface area contributed by atoms with E-state index in [1.807, 2.05) is 18.2 Å². The quantitative estimate of drug-likeness (QED) is 0.631. The molecule has 2 heterocycles. The monoisotopic (exact) mass is 332 g/mol. The van der Waals surface area contributed by atoms with E-state index >= 15 is 0 Å². The predicted molar refractivity (Wildman–Crippen MR) is 87.6 cm³/mol. The molecule has 0 bridgehead atoms. The molecule has 3 N–H and O–H groups in total. The fourth-order valence-corrected chi connectivity index (χ4v) is 2.89. The topological polar surface area (TPSA) is 94.1 Å². The Hall–Kier alpha value is -2.06. The van der Waals surface area contributed by atoms with Crippen LogP contribution in [0, 0.1) is 0 Å². The van der Waals surface area contributed by atoms with Gasteiger partial charge in [-0.25, -0.2) is 4.79 Å². The zero-order chi connectivity index (χ0) is 17.2. The van der Waals surface area contributed by atoms with E-state index in [0.29, 0.717) is 12.0 Å². The summed E-state index contributed by atoms with van der Waals surface area (Å²) in [4.78, 5) is 16.0. The van der Waals surface area contributed by atoms with Gasteiger partial charge in [0, 0.05) is 18.1 Å². The Labute approximate surface area is 140 Å². The first kappa shape index (κ1) is 16.8. The van der Waals surface area contributed by atoms with Gasteiger partial charge in [0.1, 0.15) is 12.0 Å². The van der Waals surface area contributed by atoms with E-state index in [-0.39, 0.29) is 35.3 Å². The number of amides is 2. The number of rotatable bonds is 5. The number of aliphatic hydroxyl groups excluding tert-OH is 1. The number of urea groups is 1. The van der Waals surface area contributed by atoms with Crippen LogP contribution in [0.5, 0.6) is 0 Å². The van der Waals surface area contributed by atoms with Crippen molar-refractivity contribution in [2.24, 2.45) is 10.7 Å². The molecule has 0 spiro atoms. The van der Waals surface area contributed by atoms with Gasteiger partial charge >= 0.3 is 6.03 Å². The molecular weight excluding hydrogens is 310 g/mol. The molecule has 0 aromatic heterocycles. The Balaban J connectivity index is 1.55. The van der Waals surface area contributed by atoms with Gasteiger partial charge in [-0.3, -0.25) is 0 Å². The van der Waals surface area contributed by atoms with Gasteiger partial charge in [-0.2, -0.15) is 4.48 Å². The third-order valence-corrected chi connectivity index (χ3v) is 4.40. The number of hydrogen-bond acceptors (Lipinski definition) is 5. The molecule has 1 saturated heterocycles. The molecule has 1 aromatic carbocycles. The first-order valence-corrected chi connectivity index (χ1v) is 7.93. The van der Waals surface area contributed by atoms with E-state index in [9.17, 15) is 9.90 Å². The Morgan fingerprint density at radius 2 is 2.17 bits per heavy atom. The molecule has 2 aliphatic heterocycles. The summed E-state index contributed by atoms with van der Waals surface area (Å²) < 4.78 is 11.4. The molecule has 24 heavy (non-hydrogen) atoms. The van der Waals surface area contributed by atoms with E-state index < -0.39 is 6.29 Å². The summed E-state index contributed by atoms with van der Waals surface area (Å²) in [5.41, 5.74) is 6.25. The average molecular weight is 332 g/mol. The van der Waals surface area contributed by atoms with Gasteiger partial charge in [-0.1, -0.05) is 30.3 Å². The lowest BCUT2D eigenvalue weighted by Gasteiger charge is -2.32. The van der Waals surface area contributed by atoms with Crippen LogP contribution in [0.2, 0.25) is 0 Å². The molecule has 3 rings (SSSR count). The van der Waals surface area contributed by atoms with Crippen LogP contribution in [0.25, 0.3) is 0 Å². The van der Waals surface area contributed by atoms with Gasteiger partial charge in [0.25, 0.3) is 0 Å². The fraction of sp³-hybridized carbons (Fsp3) is 0.412. The van der Waals surface area contributed by atoms with Crippen LogP contribution in [-0.2, 0) is 9.47 Å². The van der Waals surface area contributed by atoms with Crippen molar-refractivity contribution in [1.82, 2.24) is 0 Å². The molecule has 2 unspecified atom stereocenters. The van der Waals surface area contributed by atoms with Crippen molar-refractivity contribution in [3.8, 4) is 0 Å². The van der Waals surface area contributed by atoms with E-state index in [0.717, 1.165) is 6.42 Å². The number of ether oxygens (including phenoxy) is 2. The number of hydrogen-bond donors (Lipinski definition) is 2. The van der Waals surface area contributed by atoms with Crippen molar-refractivity contribution in [1.29, 1.82) is 0 Å². The highest BCUT2D eigenvalue weighted by molar-refractivity contribution is 5.99. The Morgan fingerprint density at radius 3 is 2.88 bits per heavy atom. The molecule has 128 valence electrons. The van der Waals surface area contributed by atoms with Crippen molar-refractivity contribution in [3.05, 3.63) is 48.2 Å². The molecule has 1 aromatic rings. The van der Waals surface area contributed by atoms with Crippen molar-refractivity contribution in [2.75, 3.05) is 13.7 Å². The molecule has 0 aliphatic carbocycles. The van der Waals surface area contributed by atoms with Crippen LogP contribution >= 0.6 is 0 Å². The number of benzene rings is 1. The minimum atomic E-state index is -0.987. The van der Waals surface area contributed by atoms with Crippen LogP contribution in [0.1, 0.15) is 24.7 Å². The average Bonchev–Trinajstić information content (AvgIpc) is 3.07. The van der Waals surface area contributed by atoms with Gasteiger partial charge in [-0.15, -0.1) is 4.99 Å². The summed E-state index contributed by atoms with van der Waals surface area (Å²) in [5, 5.41) is 10.0. The maximum Gasteiger partial charge on any atom is 0.451 e. The summed E-state index contributed by atoms with van der Waals surface area (Å²) in [6, 6.07) is 8.82. The minimum absolute atomic E-state index is 0.0571. The molecule has 1 fully saturated rings. The normalized spacial score (nSPS) is 31.1. The minimum Gasteiger partial charge on any atom is -0.383 e. The predicted octanol–water partition coefficient (Wildman–Crippen LogP) is 1.65. The fourth-order valence-electron chi connectivity index (χ4n) is 2.89. The lowest BCUT2D eigenvalue weighted by molar-refractivity contribution is -0.830. The van der Waals surface area contributed by atoms with Gasteiger partial charge in [0.05, 0.1) is 19.8 Å². The van der Waals surface area contributed by atoms with Crippen molar-refractivity contribution in [2.45, 2.75) is 31.5 Å². The summed E-state index contributed by atoms with van der Waals surface area (Å²) in [5.74, 6) is 0.208. The molecule has 2 aliphatic rings. The second kappa shape index (κ2) is 6.82. The largest absolute Gasteiger partial charge is 0.451 e. The second-order valence-electron chi connectivity index (χ2n) is 6.17. The maximum absolute atomic E-state index is 12.2. The van der Waals surface area contributed by atoms with Gasteiger partial charge in [0.2, 0.25) is 6.23 Å². The molecule has 4 atom stereocenters. The van der Waals surface area contributed by atoms with Crippen molar-refractivity contribution in [3.63, 3.8) is 0 Å². The first-order valence-electron chi connectivity index (χ1n) is 7.93. The van der Waals surface area contributed by atoms with Gasteiger partial charge in [0.15, 0.2) is 6.29 Å². The van der Waals surface area contributed by atoms with E-state index in [1.54, 1.807) is 31.5 Å². The molecular formula is C17H22N3O4+. The molecule has 0 radical (unpaired) electrons. The third-order valence-electron chi connectivity index (χ3n) is 4.40. The number of nitrogens with two attached hydrogens (primary N) is 1. The van der Waals surface area contributed by atoms with E-state index in [1.165, 1.54) is 0 Å². The maximum atomic E-state index is 12.2. The van der Waals surface area contributed by atoms with Crippen molar-refractivity contribution < 1.29 is 23.9 Å².